The highest BCUT2D eigenvalue weighted by Gasteiger charge is 2.02. The van der Waals surface area contributed by atoms with Gasteiger partial charge in [0.05, 0.1) is 11.8 Å². The highest BCUT2D eigenvalue weighted by atomic mass is 16.6. The lowest BCUT2D eigenvalue weighted by molar-refractivity contribution is 0.142. The van der Waals surface area contributed by atoms with Crippen molar-refractivity contribution in [3.05, 3.63) is 23.8 Å². The third kappa shape index (κ3) is 4.43. The largest absolute Gasteiger partial charge is 0.508 e. The summed E-state index contributed by atoms with van der Waals surface area (Å²) in [5.74, 6) is -0.0574. The van der Waals surface area contributed by atoms with Crippen LogP contribution in [0.15, 0.2) is 23.4 Å². The molecule has 5 heteroatoms. The molecule has 0 aliphatic heterocycles. The van der Waals surface area contributed by atoms with Crippen molar-refractivity contribution in [2.45, 2.75) is 19.8 Å². The molecule has 0 saturated carbocycles. The molecule has 90 valence electrons. The smallest absolute Gasteiger partial charge is 0.119 e. The van der Waals surface area contributed by atoms with Crippen LogP contribution in [0.5, 0.6) is 11.5 Å². The van der Waals surface area contributed by atoms with E-state index in [-0.39, 0.29) is 11.5 Å². The molecule has 0 bridgehead atoms. The van der Waals surface area contributed by atoms with Gasteiger partial charge in [0.25, 0.3) is 0 Å². The number of nitrogens with zero attached hydrogens (tertiary/aromatic N) is 2. The van der Waals surface area contributed by atoms with Crippen LogP contribution < -0.4 is 0 Å². The second kappa shape index (κ2) is 6.38. The molecule has 0 fully saturated rings. The first-order chi connectivity index (χ1) is 8.13. The van der Waals surface area contributed by atoms with Crippen molar-refractivity contribution >= 4 is 5.71 Å². The van der Waals surface area contributed by atoms with Crippen molar-refractivity contribution in [3.63, 3.8) is 0 Å². The van der Waals surface area contributed by atoms with Gasteiger partial charge in [-0.2, -0.15) is 5.26 Å². The molecule has 0 spiro atoms. The summed E-state index contributed by atoms with van der Waals surface area (Å²) in [6.07, 6.45) is 1.06. The minimum absolute atomic E-state index is 0.0287. The molecule has 0 aromatic heterocycles. The molecule has 0 aliphatic rings. The third-order valence-electron chi connectivity index (χ3n) is 2.05. The molecule has 0 atom stereocenters. The van der Waals surface area contributed by atoms with E-state index in [1.165, 1.54) is 18.2 Å². The lowest BCUT2D eigenvalue weighted by Gasteiger charge is -2.03. The Kier molecular flexibility index (Phi) is 4.82. The average Bonchev–Trinajstić information content (AvgIpc) is 2.27. The number of aromatic hydroxyl groups is 2. The maximum absolute atomic E-state index is 9.29. The first-order valence-electron chi connectivity index (χ1n) is 5.20. The number of hydrogen-bond donors (Lipinski definition) is 2. The Bertz CT molecular complexity index is 429. The average molecular weight is 234 g/mol. The molecule has 0 heterocycles. The van der Waals surface area contributed by atoms with Gasteiger partial charge in [-0.1, -0.05) is 5.16 Å². The molecule has 5 nitrogen and oxygen atoms in total. The molecule has 0 unspecified atom stereocenters. The predicted octanol–water partition coefficient (Wildman–Crippen LogP) is 2.14. The van der Waals surface area contributed by atoms with E-state index in [1.807, 2.05) is 6.07 Å². The molecule has 17 heavy (non-hydrogen) atoms. The fourth-order valence-corrected chi connectivity index (χ4v) is 1.21. The molecular formula is C12H14N2O3. The van der Waals surface area contributed by atoms with Gasteiger partial charge >= 0.3 is 0 Å². The van der Waals surface area contributed by atoms with Crippen LogP contribution in [-0.4, -0.2) is 22.5 Å². The molecule has 0 aliphatic carbocycles. The van der Waals surface area contributed by atoms with Crippen molar-refractivity contribution in [2.24, 2.45) is 5.16 Å². The Labute approximate surface area is 99.6 Å². The molecule has 1 aromatic rings. The van der Waals surface area contributed by atoms with Gasteiger partial charge in [0, 0.05) is 18.1 Å². The summed E-state index contributed by atoms with van der Waals surface area (Å²) >= 11 is 0. The van der Waals surface area contributed by atoms with Crippen molar-refractivity contribution in [2.75, 3.05) is 6.61 Å². The van der Waals surface area contributed by atoms with E-state index in [0.29, 0.717) is 30.7 Å². The van der Waals surface area contributed by atoms with Crippen LogP contribution in [0.3, 0.4) is 0 Å². The molecule has 1 rings (SSSR count). The van der Waals surface area contributed by atoms with Gasteiger partial charge < -0.3 is 15.1 Å². The Hall–Kier alpha value is -2.22. The highest BCUT2D eigenvalue weighted by Crippen LogP contribution is 2.20. The van der Waals surface area contributed by atoms with E-state index in [4.69, 9.17) is 10.1 Å². The Balaban J connectivity index is 2.59. The number of oxime groups is 1. The van der Waals surface area contributed by atoms with E-state index in [9.17, 15) is 10.2 Å². The van der Waals surface area contributed by atoms with E-state index in [1.54, 1.807) is 6.92 Å². The predicted molar refractivity (Wildman–Crippen MR) is 62.8 cm³/mol. The standard InChI is InChI=1S/C12H14N2O3/c1-9(14-17-5-3-2-4-13)10-6-11(15)8-12(16)7-10/h6-8,15-16H,2-3,5H2,1H3/b14-9+. The zero-order valence-electron chi connectivity index (χ0n) is 9.55. The lowest BCUT2D eigenvalue weighted by atomic mass is 10.1. The topological polar surface area (TPSA) is 85.8 Å². The fourth-order valence-electron chi connectivity index (χ4n) is 1.21. The molecule has 0 amide bonds. The van der Waals surface area contributed by atoms with Crippen LogP contribution in [0.25, 0.3) is 0 Å². The van der Waals surface area contributed by atoms with Crippen LogP contribution in [0.4, 0.5) is 0 Å². The summed E-state index contributed by atoms with van der Waals surface area (Å²) in [4.78, 5) is 5.01. The van der Waals surface area contributed by atoms with Gasteiger partial charge in [-0.3, -0.25) is 0 Å². The summed E-state index contributed by atoms with van der Waals surface area (Å²) in [5.41, 5.74) is 1.14. The van der Waals surface area contributed by atoms with Crippen LogP contribution in [0, 0.1) is 11.3 Å². The first kappa shape index (κ1) is 12.8. The Morgan fingerprint density at radius 2 is 2.00 bits per heavy atom. The SMILES string of the molecule is C/C(=N\OCCCC#N)c1cc(O)cc(O)c1. The number of hydrogen-bond acceptors (Lipinski definition) is 5. The summed E-state index contributed by atoms with van der Waals surface area (Å²) in [5, 5.41) is 30.7. The number of phenolic OH excluding ortho intramolecular Hbond substituents is 2. The number of nitriles is 1. The van der Waals surface area contributed by atoms with Gasteiger partial charge in [-0.05, 0) is 25.5 Å². The second-order valence-corrected chi connectivity index (χ2v) is 3.51. The third-order valence-corrected chi connectivity index (χ3v) is 2.05. The van der Waals surface area contributed by atoms with Crippen molar-refractivity contribution in [3.8, 4) is 17.6 Å². The van der Waals surface area contributed by atoms with Crippen LogP contribution in [-0.2, 0) is 4.84 Å². The van der Waals surface area contributed by atoms with Crippen LogP contribution in [0.2, 0.25) is 0 Å². The first-order valence-corrected chi connectivity index (χ1v) is 5.20. The molecule has 0 radical (unpaired) electrons. The van der Waals surface area contributed by atoms with Crippen molar-refractivity contribution in [1.82, 2.24) is 0 Å². The molecule has 2 N–H and O–H groups in total. The van der Waals surface area contributed by atoms with Gasteiger partial charge in [-0.15, -0.1) is 0 Å². The maximum Gasteiger partial charge on any atom is 0.119 e. The summed E-state index contributed by atoms with van der Waals surface area (Å²) in [6, 6.07) is 6.22. The molecule has 1 aromatic carbocycles. The fraction of sp³-hybridized carbons (Fsp3) is 0.333. The lowest BCUT2D eigenvalue weighted by Crippen LogP contribution is -1.97. The Morgan fingerprint density at radius 1 is 1.35 bits per heavy atom. The summed E-state index contributed by atoms with van der Waals surface area (Å²) < 4.78 is 0. The minimum Gasteiger partial charge on any atom is -0.508 e. The zero-order valence-corrected chi connectivity index (χ0v) is 9.55. The molecular weight excluding hydrogens is 220 g/mol. The van der Waals surface area contributed by atoms with Crippen LogP contribution in [0.1, 0.15) is 25.3 Å². The van der Waals surface area contributed by atoms with E-state index in [0.717, 1.165) is 0 Å². The summed E-state index contributed by atoms with van der Waals surface area (Å²) in [7, 11) is 0. The number of unbranched alkanes of at least 4 members (excludes halogenated alkanes) is 1. The minimum atomic E-state index is -0.0287. The van der Waals surface area contributed by atoms with Crippen molar-refractivity contribution < 1.29 is 15.1 Å². The van der Waals surface area contributed by atoms with Gasteiger partial charge in [0.15, 0.2) is 0 Å². The van der Waals surface area contributed by atoms with Gasteiger partial charge in [0.1, 0.15) is 18.1 Å². The van der Waals surface area contributed by atoms with Gasteiger partial charge in [0.2, 0.25) is 0 Å². The number of phenols is 2. The van der Waals surface area contributed by atoms with Gasteiger partial charge in [-0.25, -0.2) is 0 Å². The summed E-state index contributed by atoms with van der Waals surface area (Å²) in [6.45, 7) is 2.08. The number of rotatable bonds is 5. The second-order valence-electron chi connectivity index (χ2n) is 3.51. The maximum atomic E-state index is 9.29. The van der Waals surface area contributed by atoms with Crippen LogP contribution >= 0.6 is 0 Å². The van der Waals surface area contributed by atoms with E-state index in [2.05, 4.69) is 5.16 Å². The number of benzene rings is 1. The zero-order chi connectivity index (χ0) is 12.7. The quantitative estimate of drug-likeness (QED) is 0.464. The van der Waals surface area contributed by atoms with Crippen molar-refractivity contribution in [1.29, 1.82) is 5.26 Å². The monoisotopic (exact) mass is 234 g/mol. The van der Waals surface area contributed by atoms with E-state index >= 15 is 0 Å². The normalized spacial score (nSPS) is 10.9. The highest BCUT2D eigenvalue weighted by molar-refractivity contribution is 5.99. The Morgan fingerprint density at radius 3 is 2.59 bits per heavy atom. The molecule has 0 saturated heterocycles. The van der Waals surface area contributed by atoms with E-state index < -0.39 is 0 Å².